The number of hydrazine groups is 1. The van der Waals surface area contributed by atoms with Crippen molar-refractivity contribution in [3.8, 4) is 0 Å². The van der Waals surface area contributed by atoms with Crippen molar-refractivity contribution >= 4 is 0 Å². The summed E-state index contributed by atoms with van der Waals surface area (Å²) in [5.41, 5.74) is 3.38. The molecular weight excluding hydrogens is 90.1 g/mol. The van der Waals surface area contributed by atoms with Crippen LogP contribution in [-0.2, 0) is 0 Å². The Morgan fingerprint density at radius 1 is 1.71 bits per heavy atom. The summed E-state index contributed by atoms with van der Waals surface area (Å²) < 4.78 is 0. The second kappa shape index (κ2) is 3.49. The lowest BCUT2D eigenvalue weighted by molar-refractivity contribution is 0.863. The minimum absolute atomic E-state index is 0.919. The Labute approximate surface area is 43.6 Å². The highest BCUT2D eigenvalue weighted by Gasteiger charge is 1.73. The summed E-state index contributed by atoms with van der Waals surface area (Å²) in [6, 6.07) is 0. The summed E-state index contributed by atoms with van der Waals surface area (Å²) in [5, 5.41) is 2.81. The van der Waals surface area contributed by atoms with Crippen LogP contribution in [0.4, 0.5) is 0 Å². The third-order valence-corrected chi connectivity index (χ3v) is 0.589. The van der Waals surface area contributed by atoms with Crippen LogP contribution in [0.1, 0.15) is 6.92 Å². The Balaban J connectivity index is 3.29. The van der Waals surface area contributed by atoms with Crippen LogP contribution in [0.15, 0.2) is 11.9 Å². The number of nitrogens with two attached hydrogens (primary N) is 1. The van der Waals surface area contributed by atoms with E-state index in [1.807, 2.05) is 14.0 Å². The molecule has 0 aromatic carbocycles. The summed E-state index contributed by atoms with van der Waals surface area (Å²) in [5.74, 6) is 5.00. The second-order valence-electron chi connectivity index (χ2n) is 1.26. The van der Waals surface area contributed by atoms with Crippen LogP contribution in [0.3, 0.4) is 0 Å². The highest BCUT2D eigenvalue weighted by Crippen LogP contribution is 1.74. The average Bonchev–Trinajstić information content (AvgIpc) is 1.68. The molecule has 7 heavy (non-hydrogen) atoms. The normalized spacial score (nSPS) is 11.0. The number of nitrogens with one attached hydrogen (secondary N) is 2. The van der Waals surface area contributed by atoms with E-state index in [0.717, 1.165) is 5.70 Å². The standard InChI is InChI=1S/C4H11N3/c1-4(7-5)3-6-2/h3,6-7H,5H2,1-2H3/b4-3-. The van der Waals surface area contributed by atoms with Crippen LogP contribution >= 0.6 is 0 Å². The molecule has 0 fully saturated rings. The molecule has 0 atom stereocenters. The zero-order valence-electron chi connectivity index (χ0n) is 4.65. The van der Waals surface area contributed by atoms with E-state index in [4.69, 9.17) is 5.84 Å². The van der Waals surface area contributed by atoms with E-state index >= 15 is 0 Å². The molecule has 0 rings (SSSR count). The van der Waals surface area contributed by atoms with Gasteiger partial charge in [-0.1, -0.05) is 0 Å². The molecule has 0 aliphatic rings. The van der Waals surface area contributed by atoms with Crippen LogP contribution in [0, 0.1) is 0 Å². The van der Waals surface area contributed by atoms with Crippen molar-refractivity contribution in [3.63, 3.8) is 0 Å². The van der Waals surface area contributed by atoms with Crippen molar-refractivity contribution in [3.05, 3.63) is 11.9 Å². The lowest BCUT2D eigenvalue weighted by atomic mass is 10.6. The van der Waals surface area contributed by atoms with E-state index in [-0.39, 0.29) is 0 Å². The predicted octanol–water partition coefficient (Wildman–Crippen LogP) is -0.470. The van der Waals surface area contributed by atoms with Crippen molar-refractivity contribution in [2.45, 2.75) is 6.92 Å². The van der Waals surface area contributed by atoms with Gasteiger partial charge in [-0.3, -0.25) is 5.84 Å². The Bertz CT molecular complexity index is 67.3. The maximum Gasteiger partial charge on any atom is 0.0384 e. The van der Waals surface area contributed by atoms with Crippen LogP contribution in [0.5, 0.6) is 0 Å². The molecule has 0 amide bonds. The maximum absolute atomic E-state index is 5.00. The Hall–Kier alpha value is -0.700. The van der Waals surface area contributed by atoms with Crippen molar-refractivity contribution in [1.29, 1.82) is 0 Å². The summed E-state index contributed by atoms with van der Waals surface area (Å²) >= 11 is 0. The lowest BCUT2D eigenvalue weighted by Gasteiger charge is -1.95. The van der Waals surface area contributed by atoms with Gasteiger partial charge in [0.25, 0.3) is 0 Å². The van der Waals surface area contributed by atoms with Crippen LogP contribution in [0.2, 0.25) is 0 Å². The van der Waals surface area contributed by atoms with Gasteiger partial charge in [-0.25, -0.2) is 0 Å². The first-order valence-corrected chi connectivity index (χ1v) is 2.12. The molecule has 4 N–H and O–H groups in total. The van der Waals surface area contributed by atoms with Crippen molar-refractivity contribution < 1.29 is 0 Å². The minimum atomic E-state index is 0.919. The van der Waals surface area contributed by atoms with E-state index in [2.05, 4.69) is 10.7 Å². The highest BCUT2D eigenvalue weighted by molar-refractivity contribution is 4.90. The fraction of sp³-hybridized carbons (Fsp3) is 0.500. The Morgan fingerprint density at radius 3 is 2.43 bits per heavy atom. The van der Waals surface area contributed by atoms with Crippen LogP contribution < -0.4 is 16.6 Å². The molecule has 0 saturated heterocycles. The van der Waals surface area contributed by atoms with Gasteiger partial charge in [0, 0.05) is 18.9 Å². The maximum atomic E-state index is 5.00. The van der Waals surface area contributed by atoms with E-state index in [0.29, 0.717) is 0 Å². The monoisotopic (exact) mass is 101 g/mol. The van der Waals surface area contributed by atoms with Gasteiger partial charge >= 0.3 is 0 Å². The van der Waals surface area contributed by atoms with Gasteiger partial charge in [-0.05, 0) is 6.92 Å². The Kier molecular flexibility index (Phi) is 3.14. The number of hydrogen-bond acceptors (Lipinski definition) is 3. The van der Waals surface area contributed by atoms with Gasteiger partial charge in [0.15, 0.2) is 0 Å². The fourth-order valence-electron chi connectivity index (χ4n) is 0.258. The van der Waals surface area contributed by atoms with Gasteiger partial charge in [0.2, 0.25) is 0 Å². The molecule has 42 valence electrons. The summed E-state index contributed by atoms with van der Waals surface area (Å²) in [6.45, 7) is 1.87. The average molecular weight is 101 g/mol. The van der Waals surface area contributed by atoms with Gasteiger partial charge in [0.05, 0.1) is 0 Å². The van der Waals surface area contributed by atoms with Crippen molar-refractivity contribution in [2.24, 2.45) is 5.84 Å². The van der Waals surface area contributed by atoms with Gasteiger partial charge in [-0.2, -0.15) is 0 Å². The van der Waals surface area contributed by atoms with Gasteiger partial charge < -0.3 is 10.7 Å². The zero-order chi connectivity index (χ0) is 5.70. The molecule has 0 bridgehead atoms. The molecule has 3 heteroatoms. The van der Waals surface area contributed by atoms with E-state index in [9.17, 15) is 0 Å². The molecule has 0 aliphatic carbocycles. The summed E-state index contributed by atoms with van der Waals surface area (Å²) in [6.07, 6.45) is 1.78. The molecule has 0 aromatic rings. The first kappa shape index (κ1) is 6.30. The molecule has 3 nitrogen and oxygen atoms in total. The predicted molar refractivity (Wildman–Crippen MR) is 30.1 cm³/mol. The highest BCUT2D eigenvalue weighted by atomic mass is 15.2. The van der Waals surface area contributed by atoms with Crippen molar-refractivity contribution in [2.75, 3.05) is 7.05 Å². The van der Waals surface area contributed by atoms with E-state index < -0.39 is 0 Å². The molecular formula is C4H11N3. The van der Waals surface area contributed by atoms with E-state index in [1.165, 1.54) is 0 Å². The lowest BCUT2D eigenvalue weighted by Crippen LogP contribution is -2.20. The molecule has 0 spiro atoms. The molecule has 0 heterocycles. The summed E-state index contributed by atoms with van der Waals surface area (Å²) in [4.78, 5) is 0. The van der Waals surface area contributed by atoms with Crippen molar-refractivity contribution in [1.82, 2.24) is 10.7 Å². The molecule has 0 saturated carbocycles. The molecule has 0 unspecified atom stereocenters. The van der Waals surface area contributed by atoms with Crippen LogP contribution in [0.25, 0.3) is 0 Å². The molecule has 0 aromatic heterocycles. The topological polar surface area (TPSA) is 50.1 Å². The number of rotatable bonds is 2. The quantitative estimate of drug-likeness (QED) is 0.325. The Morgan fingerprint density at radius 2 is 2.29 bits per heavy atom. The first-order valence-electron chi connectivity index (χ1n) is 2.12. The molecule has 0 aliphatic heterocycles. The third kappa shape index (κ3) is 3.12. The largest absolute Gasteiger partial charge is 0.393 e. The second-order valence-corrected chi connectivity index (χ2v) is 1.26. The first-order chi connectivity index (χ1) is 3.31. The van der Waals surface area contributed by atoms with Crippen LogP contribution in [-0.4, -0.2) is 7.05 Å². The van der Waals surface area contributed by atoms with E-state index in [1.54, 1.807) is 6.20 Å². The smallest absolute Gasteiger partial charge is 0.0384 e. The number of allylic oxidation sites excluding steroid dienone is 1. The zero-order valence-corrected chi connectivity index (χ0v) is 4.65. The van der Waals surface area contributed by atoms with Gasteiger partial charge in [0.1, 0.15) is 0 Å². The fourth-order valence-corrected chi connectivity index (χ4v) is 0.258. The summed E-state index contributed by atoms with van der Waals surface area (Å²) in [7, 11) is 1.82. The van der Waals surface area contributed by atoms with Gasteiger partial charge in [-0.15, -0.1) is 0 Å². The third-order valence-electron chi connectivity index (χ3n) is 0.589. The number of hydrogen-bond donors (Lipinski definition) is 3. The molecule has 0 radical (unpaired) electrons. The SMILES string of the molecule is CN/C=C(/C)NN. The minimum Gasteiger partial charge on any atom is -0.393 e.